The van der Waals surface area contributed by atoms with E-state index in [2.05, 4.69) is 5.32 Å². The average molecular weight is 305 g/mol. The Balaban J connectivity index is 1.71. The summed E-state index contributed by atoms with van der Waals surface area (Å²) in [4.78, 5) is 38.8. The Kier molecular flexibility index (Phi) is 3.35. The molecule has 0 bridgehead atoms. The Morgan fingerprint density at radius 1 is 1.27 bits per heavy atom. The van der Waals surface area contributed by atoms with Crippen molar-refractivity contribution in [3.05, 3.63) is 35.6 Å². The molecule has 116 valence electrons. The molecule has 0 saturated carbocycles. The molecule has 0 aromatic heterocycles. The number of hydrogen-bond acceptors (Lipinski definition) is 3. The van der Waals surface area contributed by atoms with Crippen LogP contribution in [0.15, 0.2) is 24.3 Å². The monoisotopic (exact) mass is 305 g/mol. The number of urea groups is 1. The van der Waals surface area contributed by atoms with E-state index in [1.807, 2.05) is 0 Å². The number of amides is 4. The van der Waals surface area contributed by atoms with Crippen LogP contribution in [0.3, 0.4) is 0 Å². The lowest BCUT2D eigenvalue weighted by Gasteiger charge is -2.37. The largest absolute Gasteiger partial charge is 0.338 e. The highest BCUT2D eigenvalue weighted by atomic mass is 19.1. The van der Waals surface area contributed by atoms with E-state index in [4.69, 9.17) is 0 Å². The molecule has 0 radical (unpaired) electrons. The first-order valence-electron chi connectivity index (χ1n) is 7.08. The molecule has 4 amide bonds. The van der Waals surface area contributed by atoms with Crippen molar-refractivity contribution in [3.8, 4) is 0 Å². The Bertz CT molecular complexity index is 653. The van der Waals surface area contributed by atoms with E-state index in [1.165, 1.54) is 25.2 Å². The number of imide groups is 1. The van der Waals surface area contributed by atoms with Crippen molar-refractivity contribution >= 4 is 17.8 Å². The SMILES string of the molecule is CN1C(=O)NC2(CCN(C(=O)c3cccc(F)c3)CC2)C1=O. The second-order valence-electron chi connectivity index (χ2n) is 5.68. The first-order chi connectivity index (χ1) is 10.4. The van der Waals surface area contributed by atoms with Gasteiger partial charge in [0, 0.05) is 25.7 Å². The molecule has 2 fully saturated rings. The molecule has 6 nitrogen and oxygen atoms in total. The maximum absolute atomic E-state index is 13.2. The maximum atomic E-state index is 13.2. The fourth-order valence-electron chi connectivity index (χ4n) is 2.99. The lowest BCUT2D eigenvalue weighted by Crippen LogP contribution is -2.55. The lowest BCUT2D eigenvalue weighted by molar-refractivity contribution is -0.131. The molecule has 2 heterocycles. The molecule has 2 aliphatic heterocycles. The fourth-order valence-corrected chi connectivity index (χ4v) is 2.99. The van der Waals surface area contributed by atoms with Crippen molar-refractivity contribution < 1.29 is 18.8 Å². The first kappa shape index (κ1) is 14.5. The van der Waals surface area contributed by atoms with E-state index in [9.17, 15) is 18.8 Å². The van der Waals surface area contributed by atoms with Crippen LogP contribution < -0.4 is 5.32 Å². The molecule has 1 spiro atoms. The molecule has 22 heavy (non-hydrogen) atoms. The van der Waals surface area contributed by atoms with Crippen LogP contribution in [-0.4, -0.2) is 53.3 Å². The van der Waals surface area contributed by atoms with E-state index >= 15 is 0 Å². The predicted octanol–water partition coefficient (Wildman–Crippen LogP) is 0.982. The number of halogens is 1. The van der Waals surface area contributed by atoms with Crippen LogP contribution in [-0.2, 0) is 4.79 Å². The van der Waals surface area contributed by atoms with Gasteiger partial charge in [0.25, 0.3) is 11.8 Å². The van der Waals surface area contributed by atoms with Gasteiger partial charge in [0.05, 0.1) is 0 Å². The van der Waals surface area contributed by atoms with Crippen LogP contribution in [0, 0.1) is 5.82 Å². The first-order valence-corrected chi connectivity index (χ1v) is 7.08. The number of nitrogens with one attached hydrogen (secondary N) is 1. The van der Waals surface area contributed by atoms with Crippen LogP contribution in [0.1, 0.15) is 23.2 Å². The van der Waals surface area contributed by atoms with Gasteiger partial charge in [-0.3, -0.25) is 14.5 Å². The van der Waals surface area contributed by atoms with E-state index in [0.717, 1.165) is 4.90 Å². The minimum absolute atomic E-state index is 0.254. The number of hydrogen-bond donors (Lipinski definition) is 1. The molecule has 0 unspecified atom stereocenters. The summed E-state index contributed by atoms with van der Waals surface area (Å²) in [6.45, 7) is 0.685. The number of piperidine rings is 1. The smallest absolute Gasteiger partial charge is 0.324 e. The molecular formula is C15H16FN3O3. The zero-order chi connectivity index (χ0) is 15.9. The van der Waals surface area contributed by atoms with Crippen molar-refractivity contribution in [2.75, 3.05) is 20.1 Å². The summed E-state index contributed by atoms with van der Waals surface area (Å²) in [7, 11) is 1.44. The van der Waals surface area contributed by atoms with Gasteiger partial charge in [0.15, 0.2) is 0 Å². The molecule has 2 aliphatic rings. The molecule has 3 rings (SSSR count). The standard InChI is InChI=1S/C15H16FN3O3/c1-18-13(21)15(17-14(18)22)5-7-19(8-6-15)12(20)10-3-2-4-11(16)9-10/h2-4,9H,5-8H2,1H3,(H,17,22). The predicted molar refractivity (Wildman–Crippen MR) is 75.6 cm³/mol. The Labute approximate surface area is 126 Å². The zero-order valence-electron chi connectivity index (χ0n) is 12.1. The average Bonchev–Trinajstić information content (AvgIpc) is 2.72. The summed E-state index contributed by atoms with van der Waals surface area (Å²) >= 11 is 0. The second-order valence-corrected chi connectivity index (χ2v) is 5.68. The number of likely N-dealkylation sites (N-methyl/N-ethyl adjacent to an activating group) is 1. The number of carbonyl (C=O) groups excluding carboxylic acids is 3. The van der Waals surface area contributed by atoms with E-state index in [0.29, 0.717) is 25.9 Å². The van der Waals surface area contributed by atoms with E-state index in [-0.39, 0.29) is 17.4 Å². The number of carbonyl (C=O) groups is 3. The third-order valence-corrected chi connectivity index (χ3v) is 4.34. The van der Waals surface area contributed by atoms with Gasteiger partial charge in [-0.25, -0.2) is 9.18 Å². The maximum Gasteiger partial charge on any atom is 0.324 e. The summed E-state index contributed by atoms with van der Waals surface area (Å²) in [5.41, 5.74) is -0.611. The molecule has 7 heteroatoms. The highest BCUT2D eigenvalue weighted by molar-refractivity contribution is 6.07. The van der Waals surface area contributed by atoms with Gasteiger partial charge in [-0.15, -0.1) is 0 Å². The van der Waals surface area contributed by atoms with Crippen LogP contribution in [0.2, 0.25) is 0 Å². The fraction of sp³-hybridized carbons (Fsp3) is 0.400. The third-order valence-electron chi connectivity index (χ3n) is 4.34. The molecular weight excluding hydrogens is 289 g/mol. The van der Waals surface area contributed by atoms with Gasteiger partial charge in [-0.05, 0) is 31.0 Å². The normalized spacial score (nSPS) is 20.5. The molecule has 1 aromatic rings. The molecule has 1 aromatic carbocycles. The van der Waals surface area contributed by atoms with Crippen LogP contribution in [0.5, 0.6) is 0 Å². The van der Waals surface area contributed by atoms with Crippen LogP contribution in [0.25, 0.3) is 0 Å². The summed E-state index contributed by atoms with van der Waals surface area (Å²) in [6.07, 6.45) is 0.728. The topological polar surface area (TPSA) is 69.7 Å². The molecule has 1 N–H and O–H groups in total. The summed E-state index contributed by atoms with van der Waals surface area (Å²) in [5, 5.41) is 2.72. The number of rotatable bonds is 1. The van der Waals surface area contributed by atoms with Crippen molar-refractivity contribution in [3.63, 3.8) is 0 Å². The Hall–Kier alpha value is -2.44. The zero-order valence-corrected chi connectivity index (χ0v) is 12.1. The molecule has 0 atom stereocenters. The summed E-state index contributed by atoms with van der Waals surface area (Å²) in [6, 6.07) is 5.12. The van der Waals surface area contributed by atoms with Gasteiger partial charge < -0.3 is 10.2 Å². The van der Waals surface area contributed by atoms with Crippen molar-refractivity contribution in [2.45, 2.75) is 18.4 Å². The van der Waals surface area contributed by atoms with Gasteiger partial charge in [-0.2, -0.15) is 0 Å². The van der Waals surface area contributed by atoms with Crippen molar-refractivity contribution in [1.29, 1.82) is 0 Å². The number of benzene rings is 1. The highest BCUT2D eigenvalue weighted by Crippen LogP contribution is 2.29. The van der Waals surface area contributed by atoms with Gasteiger partial charge >= 0.3 is 6.03 Å². The van der Waals surface area contributed by atoms with E-state index in [1.54, 1.807) is 11.0 Å². The van der Waals surface area contributed by atoms with Crippen LogP contribution in [0.4, 0.5) is 9.18 Å². The van der Waals surface area contributed by atoms with Crippen molar-refractivity contribution in [2.24, 2.45) is 0 Å². The summed E-state index contributed by atoms with van der Waals surface area (Å²) in [5.74, 6) is -0.978. The van der Waals surface area contributed by atoms with Gasteiger partial charge in [-0.1, -0.05) is 6.07 Å². The summed E-state index contributed by atoms with van der Waals surface area (Å²) < 4.78 is 13.2. The third kappa shape index (κ3) is 2.22. The van der Waals surface area contributed by atoms with Crippen molar-refractivity contribution in [1.82, 2.24) is 15.1 Å². The van der Waals surface area contributed by atoms with Gasteiger partial charge in [0.2, 0.25) is 0 Å². The Morgan fingerprint density at radius 3 is 2.50 bits per heavy atom. The molecule has 2 saturated heterocycles. The second kappa shape index (κ2) is 5.08. The number of nitrogens with zero attached hydrogens (tertiary/aromatic N) is 2. The number of likely N-dealkylation sites (tertiary alicyclic amines) is 1. The molecule has 0 aliphatic carbocycles. The van der Waals surface area contributed by atoms with Gasteiger partial charge in [0.1, 0.15) is 11.4 Å². The highest BCUT2D eigenvalue weighted by Gasteiger charge is 2.51. The van der Waals surface area contributed by atoms with E-state index < -0.39 is 17.4 Å². The Morgan fingerprint density at radius 2 is 1.95 bits per heavy atom. The minimum Gasteiger partial charge on any atom is -0.338 e. The minimum atomic E-state index is -0.898. The van der Waals surface area contributed by atoms with Crippen LogP contribution >= 0.6 is 0 Å². The lowest BCUT2D eigenvalue weighted by atomic mass is 9.87. The quantitative estimate of drug-likeness (QED) is 0.786.